The Hall–Kier alpha value is -3.26. The Labute approximate surface area is 213 Å². The topological polar surface area (TPSA) is 80.3 Å². The van der Waals surface area contributed by atoms with Crippen molar-refractivity contribution in [3.63, 3.8) is 0 Å². The Balaban J connectivity index is 1.37. The lowest BCUT2D eigenvalue weighted by Crippen LogP contribution is -2.44. The highest BCUT2D eigenvalue weighted by Crippen LogP contribution is 2.40. The molecule has 4 rings (SSSR count). The number of methoxy groups -OCH3 is 1. The summed E-state index contributed by atoms with van der Waals surface area (Å²) in [6.45, 7) is 8.74. The largest absolute Gasteiger partial charge is 0.490 e. The molecule has 1 N–H and O–H groups in total. The predicted molar refractivity (Wildman–Crippen MR) is 139 cm³/mol. The van der Waals surface area contributed by atoms with Crippen molar-refractivity contribution in [1.82, 2.24) is 10.2 Å². The molecule has 0 aliphatic carbocycles. The Bertz CT molecular complexity index is 1060. The van der Waals surface area contributed by atoms with Crippen LogP contribution in [-0.4, -0.2) is 68.5 Å². The Morgan fingerprint density at radius 1 is 1.03 bits per heavy atom. The molecule has 194 valence electrons. The van der Waals surface area contributed by atoms with Gasteiger partial charge in [-0.05, 0) is 63.6 Å². The van der Waals surface area contributed by atoms with Gasteiger partial charge in [-0.25, -0.2) is 4.79 Å². The van der Waals surface area contributed by atoms with Crippen molar-refractivity contribution in [3.8, 4) is 5.75 Å². The van der Waals surface area contributed by atoms with Crippen LogP contribution in [0.3, 0.4) is 0 Å². The third kappa shape index (κ3) is 6.29. The minimum absolute atomic E-state index is 0.0696. The highest BCUT2D eigenvalue weighted by molar-refractivity contribution is 5.94. The van der Waals surface area contributed by atoms with Crippen molar-refractivity contribution in [2.75, 3.05) is 44.8 Å². The zero-order valence-corrected chi connectivity index (χ0v) is 21.7. The van der Waals surface area contributed by atoms with Crippen LogP contribution in [0.1, 0.15) is 49.5 Å². The number of benzene rings is 2. The summed E-state index contributed by atoms with van der Waals surface area (Å²) in [4.78, 5) is 28.7. The number of fused-ring (bicyclic) bond motifs is 1. The molecule has 8 nitrogen and oxygen atoms in total. The van der Waals surface area contributed by atoms with E-state index < -0.39 is 5.60 Å². The molecule has 0 atom stereocenters. The van der Waals surface area contributed by atoms with E-state index in [4.69, 9.17) is 14.2 Å². The van der Waals surface area contributed by atoms with E-state index in [0.29, 0.717) is 31.8 Å². The predicted octanol–water partition coefficient (Wildman–Crippen LogP) is 4.54. The van der Waals surface area contributed by atoms with Gasteiger partial charge in [-0.1, -0.05) is 6.07 Å². The van der Waals surface area contributed by atoms with Crippen LogP contribution < -0.4 is 15.0 Å². The lowest BCUT2D eigenvalue weighted by atomic mass is 10.1. The third-order valence-corrected chi connectivity index (χ3v) is 6.40. The van der Waals surface area contributed by atoms with Gasteiger partial charge in [-0.3, -0.25) is 4.79 Å². The van der Waals surface area contributed by atoms with Gasteiger partial charge in [0.2, 0.25) is 0 Å². The SMILES string of the molecule is COCCNC(=O)c1ccc(N2CCc3c(OC4CCN(C(=O)OC(C)(C)C)CC4)cccc32)cc1. The molecule has 0 bridgehead atoms. The van der Waals surface area contributed by atoms with Gasteiger partial charge in [0.15, 0.2) is 0 Å². The molecule has 36 heavy (non-hydrogen) atoms. The molecule has 2 aromatic rings. The van der Waals surface area contributed by atoms with Gasteiger partial charge in [-0.2, -0.15) is 0 Å². The molecule has 0 spiro atoms. The molecule has 8 heteroatoms. The monoisotopic (exact) mass is 495 g/mol. The number of hydrogen-bond donors (Lipinski definition) is 1. The first-order valence-corrected chi connectivity index (χ1v) is 12.7. The van der Waals surface area contributed by atoms with Gasteiger partial charge in [0, 0.05) is 68.6 Å². The number of ether oxygens (including phenoxy) is 3. The van der Waals surface area contributed by atoms with Crippen LogP contribution in [0.2, 0.25) is 0 Å². The van der Waals surface area contributed by atoms with Crippen LogP contribution >= 0.6 is 0 Å². The van der Waals surface area contributed by atoms with E-state index in [1.54, 1.807) is 12.0 Å². The summed E-state index contributed by atoms with van der Waals surface area (Å²) in [7, 11) is 1.61. The van der Waals surface area contributed by atoms with Crippen molar-refractivity contribution in [2.45, 2.75) is 51.7 Å². The summed E-state index contributed by atoms with van der Waals surface area (Å²) in [6.07, 6.45) is 2.26. The Kier molecular flexibility index (Phi) is 8.04. The molecule has 0 saturated carbocycles. The second-order valence-electron chi connectivity index (χ2n) is 10.2. The fourth-order valence-electron chi connectivity index (χ4n) is 4.60. The van der Waals surface area contributed by atoms with Gasteiger partial charge in [-0.15, -0.1) is 0 Å². The molecule has 2 heterocycles. The summed E-state index contributed by atoms with van der Waals surface area (Å²) in [5.74, 6) is 0.814. The first kappa shape index (κ1) is 25.8. The van der Waals surface area contributed by atoms with Gasteiger partial charge < -0.3 is 29.3 Å². The minimum atomic E-state index is -0.488. The van der Waals surface area contributed by atoms with Crippen LogP contribution in [-0.2, 0) is 15.9 Å². The standard InChI is InChI=1S/C28H37N3O5/c1-28(2,3)36-27(33)30-16-12-22(13-17-30)35-25-7-5-6-24-23(25)14-18-31(24)21-10-8-20(9-11-21)26(32)29-15-19-34-4/h5-11,22H,12-19H2,1-4H3,(H,29,32). The number of nitrogens with one attached hydrogen (secondary N) is 1. The van der Waals surface area contributed by atoms with Crippen LogP contribution in [0, 0.1) is 0 Å². The van der Waals surface area contributed by atoms with Gasteiger partial charge in [0.05, 0.1) is 6.61 Å². The molecule has 2 aliphatic heterocycles. The maximum absolute atomic E-state index is 12.4. The second kappa shape index (κ2) is 11.2. The molecule has 2 aromatic carbocycles. The van der Waals surface area contributed by atoms with Crippen molar-refractivity contribution < 1.29 is 23.8 Å². The molecule has 2 aliphatic rings. The van der Waals surface area contributed by atoms with Crippen molar-refractivity contribution in [2.24, 2.45) is 0 Å². The molecule has 1 saturated heterocycles. The molecule has 1 fully saturated rings. The van der Waals surface area contributed by atoms with Crippen LogP contribution in [0.15, 0.2) is 42.5 Å². The fraction of sp³-hybridized carbons (Fsp3) is 0.500. The lowest BCUT2D eigenvalue weighted by molar-refractivity contribution is 0.0126. The number of nitrogens with zero attached hydrogens (tertiary/aromatic N) is 2. The van der Waals surface area contributed by atoms with E-state index in [2.05, 4.69) is 16.3 Å². The highest BCUT2D eigenvalue weighted by Gasteiger charge is 2.29. The third-order valence-electron chi connectivity index (χ3n) is 6.40. The summed E-state index contributed by atoms with van der Waals surface area (Å²) < 4.78 is 16.9. The van der Waals surface area contributed by atoms with E-state index in [-0.39, 0.29) is 18.1 Å². The van der Waals surface area contributed by atoms with E-state index >= 15 is 0 Å². The first-order chi connectivity index (χ1) is 17.2. The average Bonchev–Trinajstić information content (AvgIpc) is 3.29. The van der Waals surface area contributed by atoms with E-state index in [0.717, 1.165) is 42.9 Å². The van der Waals surface area contributed by atoms with Crippen molar-refractivity contribution >= 4 is 23.4 Å². The number of likely N-dealkylation sites (tertiary alicyclic amines) is 1. The molecular weight excluding hydrogens is 458 g/mol. The van der Waals surface area contributed by atoms with E-state index in [1.165, 1.54) is 5.56 Å². The maximum atomic E-state index is 12.4. The van der Waals surface area contributed by atoms with Crippen LogP contribution in [0.4, 0.5) is 16.2 Å². The first-order valence-electron chi connectivity index (χ1n) is 12.7. The van der Waals surface area contributed by atoms with Gasteiger partial charge >= 0.3 is 6.09 Å². The zero-order chi connectivity index (χ0) is 25.7. The van der Waals surface area contributed by atoms with Crippen LogP contribution in [0.5, 0.6) is 5.75 Å². The maximum Gasteiger partial charge on any atom is 0.410 e. The van der Waals surface area contributed by atoms with Crippen molar-refractivity contribution in [3.05, 3.63) is 53.6 Å². The van der Waals surface area contributed by atoms with E-state index in [9.17, 15) is 9.59 Å². The number of piperidine rings is 1. The summed E-state index contributed by atoms with van der Waals surface area (Å²) in [5, 5.41) is 2.85. The molecular formula is C28H37N3O5. The molecule has 2 amide bonds. The number of rotatable bonds is 7. The molecule has 0 aromatic heterocycles. The lowest BCUT2D eigenvalue weighted by Gasteiger charge is -2.33. The second-order valence-corrected chi connectivity index (χ2v) is 10.2. The summed E-state index contributed by atoms with van der Waals surface area (Å²) in [5.41, 5.74) is 3.52. The fourth-order valence-corrected chi connectivity index (χ4v) is 4.60. The van der Waals surface area contributed by atoms with Crippen molar-refractivity contribution in [1.29, 1.82) is 0 Å². The number of anilines is 2. The molecule has 0 radical (unpaired) electrons. The molecule has 0 unspecified atom stereocenters. The van der Waals surface area contributed by atoms with Gasteiger partial charge in [0.1, 0.15) is 17.5 Å². The number of hydrogen-bond acceptors (Lipinski definition) is 6. The smallest absolute Gasteiger partial charge is 0.410 e. The Morgan fingerprint density at radius 2 is 1.75 bits per heavy atom. The number of carbonyl (C=O) groups is 2. The zero-order valence-electron chi connectivity index (χ0n) is 21.7. The number of carbonyl (C=O) groups excluding carboxylic acids is 2. The normalized spacial score (nSPS) is 16.0. The quantitative estimate of drug-likeness (QED) is 0.569. The average molecular weight is 496 g/mol. The summed E-state index contributed by atoms with van der Waals surface area (Å²) in [6, 6.07) is 13.9. The van der Waals surface area contributed by atoms with Crippen LogP contribution in [0.25, 0.3) is 0 Å². The van der Waals surface area contributed by atoms with E-state index in [1.807, 2.05) is 57.2 Å². The Morgan fingerprint density at radius 3 is 2.42 bits per heavy atom. The minimum Gasteiger partial charge on any atom is -0.490 e. The summed E-state index contributed by atoms with van der Waals surface area (Å²) >= 11 is 0. The number of amides is 2. The highest BCUT2D eigenvalue weighted by atomic mass is 16.6. The van der Waals surface area contributed by atoms with Gasteiger partial charge in [0.25, 0.3) is 5.91 Å².